The molecule has 76 valence electrons. The SMILES string of the molecule is NCCC(=O)N(N)C1CCCCC1. The number of carbonyl (C=O) groups excluding carboxylic acids is 1. The van der Waals surface area contributed by atoms with Crippen LogP contribution < -0.4 is 11.6 Å². The summed E-state index contributed by atoms with van der Waals surface area (Å²) in [4.78, 5) is 11.4. The molecule has 0 spiro atoms. The van der Waals surface area contributed by atoms with Crippen molar-refractivity contribution in [2.75, 3.05) is 6.54 Å². The van der Waals surface area contributed by atoms with Gasteiger partial charge in [0, 0.05) is 19.0 Å². The van der Waals surface area contributed by atoms with Crippen molar-refractivity contribution in [3.05, 3.63) is 0 Å². The van der Waals surface area contributed by atoms with Crippen molar-refractivity contribution >= 4 is 5.91 Å². The van der Waals surface area contributed by atoms with E-state index >= 15 is 0 Å². The Labute approximate surface area is 79.2 Å². The smallest absolute Gasteiger partial charge is 0.237 e. The number of hydrogen-bond donors (Lipinski definition) is 2. The van der Waals surface area contributed by atoms with Gasteiger partial charge in [-0.15, -0.1) is 0 Å². The fourth-order valence-electron chi connectivity index (χ4n) is 1.82. The van der Waals surface area contributed by atoms with Crippen molar-refractivity contribution in [3.8, 4) is 0 Å². The van der Waals surface area contributed by atoms with Gasteiger partial charge >= 0.3 is 0 Å². The van der Waals surface area contributed by atoms with Gasteiger partial charge in [0.25, 0.3) is 0 Å². The molecule has 1 aliphatic carbocycles. The van der Waals surface area contributed by atoms with Crippen LogP contribution in [-0.2, 0) is 4.79 Å². The van der Waals surface area contributed by atoms with Crippen molar-refractivity contribution in [3.63, 3.8) is 0 Å². The average molecular weight is 185 g/mol. The van der Waals surface area contributed by atoms with Gasteiger partial charge in [-0.2, -0.15) is 0 Å². The molecule has 0 aromatic carbocycles. The predicted octanol–water partition coefficient (Wildman–Crippen LogP) is 0.370. The molecule has 0 atom stereocenters. The summed E-state index contributed by atoms with van der Waals surface area (Å²) in [7, 11) is 0. The maximum Gasteiger partial charge on any atom is 0.237 e. The van der Waals surface area contributed by atoms with E-state index in [0.29, 0.717) is 13.0 Å². The molecule has 4 heteroatoms. The number of carbonyl (C=O) groups is 1. The number of hydrazine groups is 1. The van der Waals surface area contributed by atoms with Crippen LogP contribution in [0.3, 0.4) is 0 Å². The Bertz CT molecular complexity index is 166. The molecule has 0 bridgehead atoms. The molecule has 4 N–H and O–H groups in total. The summed E-state index contributed by atoms with van der Waals surface area (Å²) in [5, 5.41) is 1.39. The zero-order chi connectivity index (χ0) is 9.68. The highest BCUT2D eigenvalue weighted by Gasteiger charge is 2.21. The minimum Gasteiger partial charge on any atom is -0.330 e. The van der Waals surface area contributed by atoms with Gasteiger partial charge in [0.15, 0.2) is 0 Å². The molecule has 0 aliphatic heterocycles. The van der Waals surface area contributed by atoms with Crippen molar-refractivity contribution in [2.45, 2.75) is 44.6 Å². The second-order valence-electron chi connectivity index (χ2n) is 3.63. The van der Waals surface area contributed by atoms with E-state index in [2.05, 4.69) is 0 Å². The van der Waals surface area contributed by atoms with Crippen LogP contribution in [0.2, 0.25) is 0 Å². The number of nitrogens with zero attached hydrogens (tertiary/aromatic N) is 1. The van der Waals surface area contributed by atoms with E-state index in [4.69, 9.17) is 11.6 Å². The van der Waals surface area contributed by atoms with Gasteiger partial charge in [-0.1, -0.05) is 19.3 Å². The second kappa shape index (κ2) is 5.19. The minimum absolute atomic E-state index is 0.0191. The van der Waals surface area contributed by atoms with Gasteiger partial charge in [0.1, 0.15) is 0 Å². The molecule has 1 amide bonds. The Morgan fingerprint density at radius 1 is 1.31 bits per heavy atom. The van der Waals surface area contributed by atoms with Gasteiger partial charge in [-0.25, -0.2) is 5.84 Å². The van der Waals surface area contributed by atoms with Gasteiger partial charge in [-0.3, -0.25) is 9.80 Å². The predicted molar refractivity (Wildman–Crippen MR) is 51.6 cm³/mol. The highest BCUT2D eigenvalue weighted by molar-refractivity contribution is 5.76. The molecule has 4 nitrogen and oxygen atoms in total. The van der Waals surface area contributed by atoms with Crippen LogP contribution in [0.4, 0.5) is 0 Å². The zero-order valence-corrected chi connectivity index (χ0v) is 8.04. The van der Waals surface area contributed by atoms with E-state index in [0.717, 1.165) is 12.8 Å². The Kier molecular flexibility index (Phi) is 4.18. The molecule has 0 radical (unpaired) electrons. The molecule has 0 unspecified atom stereocenters. The highest BCUT2D eigenvalue weighted by atomic mass is 16.2. The molecule has 0 heterocycles. The molecule has 0 aromatic rings. The number of rotatable bonds is 3. The van der Waals surface area contributed by atoms with Crippen molar-refractivity contribution in [2.24, 2.45) is 11.6 Å². The lowest BCUT2D eigenvalue weighted by atomic mass is 9.95. The van der Waals surface area contributed by atoms with Crippen LogP contribution in [0.15, 0.2) is 0 Å². The molecule has 1 fully saturated rings. The molecular formula is C9H19N3O. The largest absolute Gasteiger partial charge is 0.330 e. The molecule has 13 heavy (non-hydrogen) atoms. The quantitative estimate of drug-likeness (QED) is 0.379. The summed E-state index contributed by atoms with van der Waals surface area (Å²) in [5.74, 6) is 5.69. The van der Waals surface area contributed by atoms with Crippen molar-refractivity contribution < 1.29 is 4.79 Å². The van der Waals surface area contributed by atoms with Gasteiger partial charge in [0.05, 0.1) is 0 Å². The van der Waals surface area contributed by atoms with Gasteiger partial charge in [-0.05, 0) is 12.8 Å². The Hall–Kier alpha value is -0.610. The highest BCUT2D eigenvalue weighted by Crippen LogP contribution is 2.20. The fraction of sp³-hybridized carbons (Fsp3) is 0.889. The minimum atomic E-state index is -0.0191. The van der Waals surface area contributed by atoms with Crippen molar-refractivity contribution in [1.29, 1.82) is 0 Å². The van der Waals surface area contributed by atoms with Crippen LogP contribution in [0.1, 0.15) is 38.5 Å². The van der Waals surface area contributed by atoms with Gasteiger partial charge < -0.3 is 5.73 Å². The normalized spacial score (nSPS) is 18.6. The van der Waals surface area contributed by atoms with Gasteiger partial charge in [0.2, 0.25) is 5.91 Å². The maximum atomic E-state index is 11.4. The Morgan fingerprint density at radius 2 is 1.92 bits per heavy atom. The maximum absolute atomic E-state index is 11.4. The van der Waals surface area contributed by atoms with Crippen LogP contribution in [0, 0.1) is 0 Å². The van der Waals surface area contributed by atoms with Crippen LogP contribution in [0.25, 0.3) is 0 Å². The van der Waals surface area contributed by atoms with E-state index in [1.807, 2.05) is 0 Å². The number of nitrogens with two attached hydrogens (primary N) is 2. The first-order valence-corrected chi connectivity index (χ1v) is 5.02. The van der Waals surface area contributed by atoms with Crippen molar-refractivity contribution in [1.82, 2.24) is 5.01 Å². The lowest BCUT2D eigenvalue weighted by molar-refractivity contribution is -0.134. The first-order chi connectivity index (χ1) is 6.25. The van der Waals surface area contributed by atoms with Crippen LogP contribution in [0.5, 0.6) is 0 Å². The second-order valence-corrected chi connectivity index (χ2v) is 3.63. The fourth-order valence-corrected chi connectivity index (χ4v) is 1.82. The Morgan fingerprint density at radius 3 is 2.46 bits per heavy atom. The standard InChI is InChI=1S/C9H19N3O/c10-7-6-9(13)12(11)8-4-2-1-3-5-8/h8H,1-7,10-11H2. The zero-order valence-electron chi connectivity index (χ0n) is 8.04. The third-order valence-electron chi connectivity index (χ3n) is 2.61. The van der Waals surface area contributed by atoms with Crippen LogP contribution in [-0.4, -0.2) is 23.5 Å². The van der Waals surface area contributed by atoms with E-state index in [1.54, 1.807) is 0 Å². The molecule has 1 saturated carbocycles. The summed E-state index contributed by atoms with van der Waals surface area (Å²) in [6.07, 6.45) is 6.12. The van der Waals surface area contributed by atoms with E-state index in [1.165, 1.54) is 24.3 Å². The third-order valence-corrected chi connectivity index (χ3v) is 2.61. The summed E-state index contributed by atoms with van der Waals surface area (Å²) in [6.45, 7) is 0.388. The molecule has 1 aliphatic rings. The third kappa shape index (κ3) is 2.97. The molecule has 0 aromatic heterocycles. The number of amides is 1. The first-order valence-electron chi connectivity index (χ1n) is 5.02. The summed E-state index contributed by atoms with van der Waals surface area (Å²) < 4.78 is 0. The monoisotopic (exact) mass is 185 g/mol. The van der Waals surface area contributed by atoms with E-state index < -0.39 is 0 Å². The number of hydrogen-bond acceptors (Lipinski definition) is 3. The average Bonchev–Trinajstić information content (AvgIpc) is 2.18. The summed E-state index contributed by atoms with van der Waals surface area (Å²) in [6, 6.07) is 0.257. The molecular weight excluding hydrogens is 166 g/mol. The first kappa shape index (κ1) is 10.5. The topological polar surface area (TPSA) is 72.4 Å². The lowest BCUT2D eigenvalue weighted by Crippen LogP contribution is -2.46. The lowest BCUT2D eigenvalue weighted by Gasteiger charge is -2.30. The molecule has 1 rings (SSSR count). The van der Waals surface area contributed by atoms with Crippen LogP contribution >= 0.6 is 0 Å². The summed E-state index contributed by atoms with van der Waals surface area (Å²) >= 11 is 0. The van der Waals surface area contributed by atoms with E-state index in [-0.39, 0.29) is 11.9 Å². The molecule has 0 saturated heterocycles. The van der Waals surface area contributed by atoms with E-state index in [9.17, 15) is 4.79 Å². The Balaban J connectivity index is 2.35. The summed E-state index contributed by atoms with van der Waals surface area (Å²) in [5.41, 5.74) is 5.29.